The van der Waals surface area contributed by atoms with E-state index >= 15 is 0 Å². The first-order chi connectivity index (χ1) is 12.6. The zero-order chi connectivity index (χ0) is 18.5. The molecule has 0 saturated carbocycles. The largest absolute Gasteiger partial charge is 0.354 e. The number of benzene rings is 2. The van der Waals surface area contributed by atoms with Gasteiger partial charge in [-0.3, -0.25) is 9.59 Å². The molecule has 0 bridgehead atoms. The molecule has 1 aliphatic rings. The Morgan fingerprint density at radius 3 is 2.62 bits per heavy atom. The lowest BCUT2D eigenvalue weighted by atomic mass is 9.91. The summed E-state index contributed by atoms with van der Waals surface area (Å²) in [6, 6.07) is 16.7. The average molecular weight is 350 g/mol. The van der Waals surface area contributed by atoms with Gasteiger partial charge < -0.3 is 10.2 Å². The van der Waals surface area contributed by atoms with E-state index in [9.17, 15) is 9.59 Å². The molecule has 26 heavy (non-hydrogen) atoms. The molecule has 0 aliphatic carbocycles. The van der Waals surface area contributed by atoms with E-state index < -0.39 is 0 Å². The molecule has 2 aromatic rings. The molecule has 2 aromatic carbocycles. The number of nitrogens with one attached hydrogen (secondary N) is 1. The zero-order valence-electron chi connectivity index (χ0n) is 15.5. The van der Waals surface area contributed by atoms with Gasteiger partial charge in [0.05, 0.1) is 5.92 Å². The van der Waals surface area contributed by atoms with Gasteiger partial charge in [-0.1, -0.05) is 61.0 Å². The number of hydrogen-bond acceptors (Lipinski definition) is 2. The van der Waals surface area contributed by atoms with Crippen LogP contribution in [0.3, 0.4) is 0 Å². The van der Waals surface area contributed by atoms with E-state index in [0.29, 0.717) is 32.5 Å². The lowest BCUT2D eigenvalue weighted by Gasteiger charge is -2.23. The minimum Gasteiger partial charge on any atom is -0.354 e. The van der Waals surface area contributed by atoms with Gasteiger partial charge in [0.2, 0.25) is 11.8 Å². The van der Waals surface area contributed by atoms with Gasteiger partial charge in [-0.15, -0.1) is 0 Å². The van der Waals surface area contributed by atoms with E-state index in [0.717, 1.165) is 16.7 Å². The van der Waals surface area contributed by atoms with Crippen LogP contribution in [0.1, 0.15) is 24.5 Å². The highest BCUT2D eigenvalue weighted by molar-refractivity contribution is 5.82. The normalized spacial score (nSPS) is 17.5. The highest BCUT2D eigenvalue weighted by Crippen LogP contribution is 2.26. The third-order valence-corrected chi connectivity index (χ3v) is 4.99. The van der Waals surface area contributed by atoms with Crippen molar-refractivity contribution in [1.82, 2.24) is 10.2 Å². The van der Waals surface area contributed by atoms with Crippen LogP contribution in [-0.4, -0.2) is 36.3 Å². The highest BCUT2D eigenvalue weighted by atomic mass is 16.2. The molecule has 1 unspecified atom stereocenters. The Kier molecular flexibility index (Phi) is 5.71. The molecule has 1 fully saturated rings. The third-order valence-electron chi connectivity index (χ3n) is 4.99. The Morgan fingerprint density at radius 2 is 1.88 bits per heavy atom. The highest BCUT2D eigenvalue weighted by Gasteiger charge is 2.27. The molecule has 0 spiro atoms. The van der Waals surface area contributed by atoms with Crippen LogP contribution in [0.15, 0.2) is 48.5 Å². The molecular weight excluding hydrogens is 324 g/mol. The molecule has 1 heterocycles. The van der Waals surface area contributed by atoms with Crippen molar-refractivity contribution in [3.8, 4) is 11.1 Å². The van der Waals surface area contributed by atoms with Crippen LogP contribution in [0.2, 0.25) is 0 Å². The van der Waals surface area contributed by atoms with E-state index in [2.05, 4.69) is 48.6 Å². The molecule has 3 rings (SSSR count). The van der Waals surface area contributed by atoms with Crippen molar-refractivity contribution in [1.29, 1.82) is 0 Å². The second-order valence-corrected chi connectivity index (χ2v) is 6.91. The first kappa shape index (κ1) is 18.2. The maximum absolute atomic E-state index is 12.5. The van der Waals surface area contributed by atoms with Crippen molar-refractivity contribution in [2.45, 2.75) is 26.7 Å². The first-order valence-corrected chi connectivity index (χ1v) is 9.29. The molecule has 4 heteroatoms. The molecule has 136 valence electrons. The van der Waals surface area contributed by atoms with Crippen molar-refractivity contribution >= 4 is 11.8 Å². The van der Waals surface area contributed by atoms with E-state index in [1.807, 2.05) is 24.0 Å². The predicted molar refractivity (Wildman–Crippen MR) is 104 cm³/mol. The molecule has 4 nitrogen and oxygen atoms in total. The first-order valence-electron chi connectivity index (χ1n) is 9.29. The van der Waals surface area contributed by atoms with Crippen LogP contribution >= 0.6 is 0 Å². The van der Waals surface area contributed by atoms with Crippen LogP contribution in [-0.2, 0) is 16.0 Å². The fourth-order valence-electron chi connectivity index (χ4n) is 3.48. The van der Waals surface area contributed by atoms with Crippen molar-refractivity contribution in [3.63, 3.8) is 0 Å². The second kappa shape index (κ2) is 8.17. The Hall–Kier alpha value is -2.62. The van der Waals surface area contributed by atoms with Crippen LogP contribution in [0.25, 0.3) is 11.1 Å². The summed E-state index contributed by atoms with van der Waals surface area (Å²) < 4.78 is 0. The lowest BCUT2D eigenvalue weighted by Crippen LogP contribution is -2.36. The fourth-order valence-corrected chi connectivity index (χ4v) is 3.48. The number of carbonyl (C=O) groups is 2. The molecule has 1 aliphatic heterocycles. The zero-order valence-corrected chi connectivity index (χ0v) is 15.5. The van der Waals surface area contributed by atoms with Crippen molar-refractivity contribution < 1.29 is 9.59 Å². The summed E-state index contributed by atoms with van der Waals surface area (Å²) in [6.45, 7) is 5.55. The third kappa shape index (κ3) is 4.13. The molecule has 1 N–H and O–H groups in total. The summed E-state index contributed by atoms with van der Waals surface area (Å²) in [5, 5.41) is 2.96. The van der Waals surface area contributed by atoms with Gasteiger partial charge in [0.15, 0.2) is 0 Å². The summed E-state index contributed by atoms with van der Waals surface area (Å²) in [6.07, 6.45) is 1.10. The topological polar surface area (TPSA) is 49.4 Å². The minimum absolute atomic E-state index is 0.0371. The molecule has 0 aromatic heterocycles. The summed E-state index contributed by atoms with van der Waals surface area (Å²) in [5.41, 5.74) is 4.67. The summed E-state index contributed by atoms with van der Waals surface area (Å²) in [4.78, 5) is 26.5. The van der Waals surface area contributed by atoms with Crippen LogP contribution in [0.4, 0.5) is 0 Å². The van der Waals surface area contributed by atoms with Crippen molar-refractivity contribution in [2.75, 3.05) is 19.6 Å². The SMILES string of the molecule is CCC(=O)N1CCNC(=O)C(Cc2ccccc2-c2ccc(C)cc2)C1. The standard InChI is InChI=1S/C22H26N2O2/c1-3-21(25)24-13-12-23-22(26)19(15-24)14-18-6-4-5-7-20(18)17-10-8-16(2)9-11-17/h4-11,19H,3,12-15H2,1-2H3,(H,23,26). The summed E-state index contributed by atoms with van der Waals surface area (Å²) in [7, 11) is 0. The maximum Gasteiger partial charge on any atom is 0.225 e. The van der Waals surface area contributed by atoms with Gasteiger partial charge in [-0.05, 0) is 30.0 Å². The monoisotopic (exact) mass is 350 g/mol. The molecule has 2 amide bonds. The van der Waals surface area contributed by atoms with Gasteiger partial charge in [0, 0.05) is 26.1 Å². The number of carbonyl (C=O) groups excluding carboxylic acids is 2. The Morgan fingerprint density at radius 1 is 1.15 bits per heavy atom. The van der Waals surface area contributed by atoms with E-state index in [1.54, 1.807) is 0 Å². The van der Waals surface area contributed by atoms with Crippen molar-refractivity contribution in [2.24, 2.45) is 5.92 Å². The number of rotatable bonds is 4. The van der Waals surface area contributed by atoms with E-state index in [1.165, 1.54) is 5.56 Å². The van der Waals surface area contributed by atoms with Gasteiger partial charge in [-0.25, -0.2) is 0 Å². The van der Waals surface area contributed by atoms with Crippen molar-refractivity contribution in [3.05, 3.63) is 59.7 Å². The maximum atomic E-state index is 12.5. The van der Waals surface area contributed by atoms with Gasteiger partial charge in [0.25, 0.3) is 0 Å². The van der Waals surface area contributed by atoms with Crippen LogP contribution < -0.4 is 5.32 Å². The van der Waals surface area contributed by atoms with Crippen LogP contribution in [0, 0.1) is 12.8 Å². The van der Waals surface area contributed by atoms with Gasteiger partial charge in [-0.2, -0.15) is 0 Å². The Labute approximate surface area is 155 Å². The van der Waals surface area contributed by atoms with Gasteiger partial charge in [0.1, 0.15) is 0 Å². The molecule has 1 saturated heterocycles. The Balaban J connectivity index is 1.86. The number of nitrogens with zero attached hydrogens (tertiary/aromatic N) is 1. The number of aryl methyl sites for hydroxylation is 1. The fraction of sp³-hybridized carbons (Fsp3) is 0.364. The number of amides is 2. The van der Waals surface area contributed by atoms with Crippen LogP contribution in [0.5, 0.6) is 0 Å². The smallest absolute Gasteiger partial charge is 0.225 e. The minimum atomic E-state index is -0.223. The molecule has 0 radical (unpaired) electrons. The molecular formula is C22H26N2O2. The summed E-state index contributed by atoms with van der Waals surface area (Å²) in [5.74, 6) is -0.0759. The lowest BCUT2D eigenvalue weighted by molar-refractivity contribution is -0.131. The van der Waals surface area contributed by atoms with Gasteiger partial charge >= 0.3 is 0 Å². The quantitative estimate of drug-likeness (QED) is 0.921. The Bertz CT molecular complexity index is 783. The summed E-state index contributed by atoms with van der Waals surface area (Å²) >= 11 is 0. The van der Waals surface area contributed by atoms with E-state index in [4.69, 9.17) is 0 Å². The number of hydrogen-bond donors (Lipinski definition) is 1. The average Bonchev–Trinajstić information content (AvgIpc) is 2.84. The second-order valence-electron chi connectivity index (χ2n) is 6.91. The predicted octanol–water partition coefficient (Wildman–Crippen LogP) is 3.19. The van der Waals surface area contributed by atoms with E-state index in [-0.39, 0.29) is 17.7 Å². The molecule has 1 atom stereocenters.